The van der Waals surface area contributed by atoms with Crippen LogP contribution < -0.4 is 14.5 Å². The van der Waals surface area contributed by atoms with Crippen LogP contribution in [0.4, 0.5) is 11.5 Å². The van der Waals surface area contributed by atoms with Crippen LogP contribution in [0.5, 0.6) is 5.88 Å². The maximum atomic E-state index is 12.9. The van der Waals surface area contributed by atoms with Crippen molar-refractivity contribution in [3.8, 4) is 5.88 Å². The Bertz CT molecular complexity index is 1120. The molecule has 2 saturated heterocycles. The molecule has 10 nitrogen and oxygen atoms in total. The minimum atomic E-state index is -0.0890. The minimum Gasteiger partial charge on any atom is -0.471 e. The predicted molar refractivity (Wildman–Crippen MR) is 124 cm³/mol. The smallest absolute Gasteiger partial charge is 0.274 e. The van der Waals surface area contributed by atoms with E-state index in [1.807, 2.05) is 36.0 Å². The molecule has 1 unspecified atom stereocenters. The van der Waals surface area contributed by atoms with Gasteiger partial charge in [-0.2, -0.15) is 0 Å². The summed E-state index contributed by atoms with van der Waals surface area (Å²) in [5.74, 6) is 1.22. The Kier molecular flexibility index (Phi) is 5.91. The Hall–Kier alpha value is -3.53. The number of nitrogens with zero attached hydrogens (tertiary/aromatic N) is 7. The van der Waals surface area contributed by atoms with Gasteiger partial charge in [-0.15, -0.1) is 10.2 Å². The lowest BCUT2D eigenvalue weighted by atomic mass is 10.1. The number of ether oxygens (including phenoxy) is 2. The number of carbonyl (C=O) groups is 1. The number of rotatable bonds is 5. The fraction of sp³-hybridized carbons (Fsp3) is 0.435. The van der Waals surface area contributed by atoms with Crippen LogP contribution in [0.15, 0.2) is 36.7 Å². The average Bonchev–Trinajstić information content (AvgIpc) is 3.37. The van der Waals surface area contributed by atoms with Crippen molar-refractivity contribution < 1.29 is 14.3 Å². The van der Waals surface area contributed by atoms with Crippen molar-refractivity contribution in [1.29, 1.82) is 0 Å². The Labute approximate surface area is 192 Å². The fourth-order valence-electron chi connectivity index (χ4n) is 4.08. The van der Waals surface area contributed by atoms with Gasteiger partial charge in [0.2, 0.25) is 5.88 Å². The molecule has 1 atom stereocenters. The Morgan fingerprint density at radius 3 is 2.64 bits per heavy atom. The number of anilines is 2. The highest BCUT2D eigenvalue weighted by atomic mass is 16.5. The molecule has 2 aliphatic heterocycles. The van der Waals surface area contributed by atoms with E-state index >= 15 is 0 Å². The monoisotopic (exact) mass is 449 g/mol. The first-order valence-electron chi connectivity index (χ1n) is 11.1. The van der Waals surface area contributed by atoms with E-state index in [0.717, 1.165) is 41.9 Å². The van der Waals surface area contributed by atoms with E-state index in [2.05, 4.69) is 37.2 Å². The Morgan fingerprint density at radius 2 is 1.94 bits per heavy atom. The van der Waals surface area contributed by atoms with Gasteiger partial charge in [0.05, 0.1) is 24.1 Å². The van der Waals surface area contributed by atoms with Crippen molar-refractivity contribution in [2.45, 2.75) is 12.5 Å². The van der Waals surface area contributed by atoms with E-state index in [0.29, 0.717) is 37.9 Å². The molecule has 1 amide bonds. The quantitative estimate of drug-likeness (QED) is 0.575. The first kappa shape index (κ1) is 21.3. The van der Waals surface area contributed by atoms with Crippen LogP contribution >= 0.6 is 0 Å². The van der Waals surface area contributed by atoms with Crippen molar-refractivity contribution in [2.75, 3.05) is 63.3 Å². The van der Waals surface area contributed by atoms with Crippen LogP contribution in [0.1, 0.15) is 16.9 Å². The van der Waals surface area contributed by atoms with E-state index < -0.39 is 0 Å². The molecule has 0 radical (unpaired) electrons. The number of aromatic nitrogens is 4. The number of benzene rings is 1. The molecule has 2 aliphatic rings. The zero-order chi connectivity index (χ0) is 22.8. The Balaban J connectivity index is 1.27. The van der Waals surface area contributed by atoms with E-state index in [9.17, 15) is 4.79 Å². The minimum absolute atomic E-state index is 0.0243. The lowest BCUT2D eigenvalue weighted by Gasteiger charge is -2.36. The third-order valence-electron chi connectivity index (χ3n) is 6.01. The summed E-state index contributed by atoms with van der Waals surface area (Å²) in [6.07, 6.45) is 2.42. The molecular formula is C23H27N7O3. The number of hydrogen-bond acceptors (Lipinski definition) is 9. The molecule has 0 N–H and O–H groups in total. The second kappa shape index (κ2) is 9.14. The molecule has 5 rings (SSSR count). The molecule has 2 fully saturated rings. The van der Waals surface area contributed by atoms with Crippen LogP contribution in [0, 0.1) is 0 Å². The van der Waals surface area contributed by atoms with Gasteiger partial charge >= 0.3 is 0 Å². The van der Waals surface area contributed by atoms with Crippen molar-refractivity contribution in [3.63, 3.8) is 0 Å². The first-order valence-corrected chi connectivity index (χ1v) is 11.1. The number of amides is 1. The summed E-state index contributed by atoms with van der Waals surface area (Å²) >= 11 is 0. The fourth-order valence-corrected chi connectivity index (χ4v) is 4.08. The zero-order valence-corrected chi connectivity index (χ0v) is 18.8. The molecule has 4 heterocycles. The van der Waals surface area contributed by atoms with E-state index in [1.54, 1.807) is 6.07 Å². The van der Waals surface area contributed by atoms with Gasteiger partial charge in [0, 0.05) is 52.4 Å². The van der Waals surface area contributed by atoms with Gasteiger partial charge < -0.3 is 24.2 Å². The molecule has 0 aliphatic carbocycles. The highest BCUT2D eigenvalue weighted by Crippen LogP contribution is 2.29. The molecule has 33 heavy (non-hydrogen) atoms. The second-order valence-corrected chi connectivity index (χ2v) is 8.43. The topological polar surface area (TPSA) is 96.8 Å². The third-order valence-corrected chi connectivity index (χ3v) is 6.01. The summed E-state index contributed by atoms with van der Waals surface area (Å²) in [5.41, 5.74) is 2.28. The van der Waals surface area contributed by atoms with E-state index in [-0.39, 0.29) is 12.0 Å². The molecule has 172 valence electrons. The molecule has 0 saturated carbocycles. The van der Waals surface area contributed by atoms with Crippen molar-refractivity contribution in [1.82, 2.24) is 25.1 Å². The highest BCUT2D eigenvalue weighted by molar-refractivity contribution is 5.92. The van der Waals surface area contributed by atoms with Crippen LogP contribution in [0.3, 0.4) is 0 Å². The standard InChI is InChI=1S/C23H27N7O3/c1-28(2)21-6-5-20(26-27-21)23(31)30-10-8-29(9-11-30)16-3-4-19-18(13-16)22(25-15-24-19)33-17-7-12-32-14-17/h3-6,13,15,17H,7-12,14H2,1-2H3. The molecule has 2 aromatic heterocycles. The van der Waals surface area contributed by atoms with Gasteiger partial charge in [-0.3, -0.25) is 4.79 Å². The lowest BCUT2D eigenvalue weighted by molar-refractivity contribution is 0.0739. The van der Waals surface area contributed by atoms with E-state index in [4.69, 9.17) is 9.47 Å². The van der Waals surface area contributed by atoms with Crippen LogP contribution in [0.25, 0.3) is 10.9 Å². The maximum absolute atomic E-state index is 12.9. The van der Waals surface area contributed by atoms with E-state index in [1.165, 1.54) is 6.33 Å². The molecule has 0 spiro atoms. The summed E-state index contributed by atoms with van der Waals surface area (Å²) in [6, 6.07) is 9.66. The normalized spacial score (nSPS) is 18.5. The van der Waals surface area contributed by atoms with Gasteiger partial charge in [-0.25, -0.2) is 9.97 Å². The summed E-state index contributed by atoms with van der Waals surface area (Å²) in [6.45, 7) is 3.97. The van der Waals surface area contributed by atoms with Crippen LogP contribution in [-0.4, -0.2) is 90.6 Å². The lowest BCUT2D eigenvalue weighted by Crippen LogP contribution is -2.49. The molecule has 10 heteroatoms. The zero-order valence-electron chi connectivity index (χ0n) is 18.8. The molecule has 0 bridgehead atoms. The molecule has 3 aromatic rings. The molecular weight excluding hydrogens is 422 g/mol. The van der Waals surface area contributed by atoms with Gasteiger partial charge in [0.15, 0.2) is 11.5 Å². The predicted octanol–water partition coefficient (Wildman–Crippen LogP) is 1.62. The maximum Gasteiger partial charge on any atom is 0.274 e. The number of fused-ring (bicyclic) bond motifs is 1. The van der Waals surface area contributed by atoms with Crippen molar-refractivity contribution in [3.05, 3.63) is 42.4 Å². The van der Waals surface area contributed by atoms with Crippen molar-refractivity contribution in [2.24, 2.45) is 0 Å². The van der Waals surface area contributed by atoms with Crippen LogP contribution in [0.2, 0.25) is 0 Å². The number of piperazine rings is 1. The number of carbonyl (C=O) groups excluding carboxylic acids is 1. The largest absolute Gasteiger partial charge is 0.471 e. The highest BCUT2D eigenvalue weighted by Gasteiger charge is 2.24. The second-order valence-electron chi connectivity index (χ2n) is 8.43. The molecule has 1 aromatic carbocycles. The SMILES string of the molecule is CN(C)c1ccc(C(=O)N2CCN(c3ccc4ncnc(OC5CCOC5)c4c3)CC2)nn1. The summed E-state index contributed by atoms with van der Waals surface area (Å²) in [7, 11) is 3.78. The number of hydrogen-bond donors (Lipinski definition) is 0. The van der Waals surface area contributed by atoms with Crippen LogP contribution in [-0.2, 0) is 4.74 Å². The van der Waals surface area contributed by atoms with Gasteiger partial charge in [-0.05, 0) is 30.3 Å². The average molecular weight is 450 g/mol. The van der Waals surface area contributed by atoms with Crippen molar-refractivity contribution >= 4 is 28.3 Å². The summed E-state index contributed by atoms with van der Waals surface area (Å²) in [4.78, 5) is 27.5. The Morgan fingerprint density at radius 1 is 1.09 bits per heavy atom. The third kappa shape index (κ3) is 4.51. The van der Waals surface area contributed by atoms with Gasteiger partial charge in [0.1, 0.15) is 12.4 Å². The van der Waals surface area contributed by atoms with Gasteiger partial charge in [0.25, 0.3) is 5.91 Å². The summed E-state index contributed by atoms with van der Waals surface area (Å²) < 4.78 is 11.5. The van der Waals surface area contributed by atoms with Gasteiger partial charge in [-0.1, -0.05) is 0 Å². The summed E-state index contributed by atoms with van der Waals surface area (Å²) in [5, 5.41) is 9.11. The first-order chi connectivity index (χ1) is 16.1.